The fourth-order valence-electron chi connectivity index (χ4n) is 2.13. The topological polar surface area (TPSA) is 54.1 Å². The van der Waals surface area contributed by atoms with E-state index in [-0.39, 0.29) is 5.97 Å². The van der Waals surface area contributed by atoms with Gasteiger partial charge in [-0.25, -0.2) is 4.79 Å². The summed E-state index contributed by atoms with van der Waals surface area (Å²) in [7, 11) is 1.41. The molecule has 2 rings (SSSR count). The quantitative estimate of drug-likeness (QED) is 0.720. The summed E-state index contributed by atoms with van der Waals surface area (Å²) < 4.78 is 4.74. The number of aromatic amines is 1. The molecule has 0 bridgehead atoms. The van der Waals surface area contributed by atoms with Crippen LogP contribution in [0.25, 0.3) is 0 Å². The Bertz CT molecular complexity index is 340. The average molecular weight is 208 g/mol. The largest absolute Gasteiger partial charge is 0.464 e. The van der Waals surface area contributed by atoms with E-state index in [2.05, 4.69) is 10.3 Å². The number of hydrogen-bond donors (Lipinski definition) is 2. The standard InChI is InChI=1S/C11H16N2O2/c1-15-11(14)10-9(4-7-13-10)8-2-5-12-6-3-8/h4,7-8,12-13H,2-3,5-6H2,1H3. The van der Waals surface area contributed by atoms with Crippen LogP contribution in [0.2, 0.25) is 0 Å². The molecule has 0 aromatic carbocycles. The first kappa shape index (κ1) is 10.2. The van der Waals surface area contributed by atoms with Gasteiger partial charge in [0.1, 0.15) is 5.69 Å². The number of hydrogen-bond acceptors (Lipinski definition) is 3. The van der Waals surface area contributed by atoms with Crippen LogP contribution in [0.15, 0.2) is 12.3 Å². The zero-order valence-electron chi connectivity index (χ0n) is 8.88. The molecule has 0 saturated carbocycles. The van der Waals surface area contributed by atoms with Gasteiger partial charge in [-0.2, -0.15) is 0 Å². The number of aromatic nitrogens is 1. The maximum absolute atomic E-state index is 11.5. The van der Waals surface area contributed by atoms with Crippen molar-refractivity contribution in [3.63, 3.8) is 0 Å². The van der Waals surface area contributed by atoms with Crippen molar-refractivity contribution in [3.8, 4) is 0 Å². The first-order valence-electron chi connectivity index (χ1n) is 5.29. The van der Waals surface area contributed by atoms with Gasteiger partial charge in [0.15, 0.2) is 0 Å². The molecule has 4 nitrogen and oxygen atoms in total. The van der Waals surface area contributed by atoms with Crippen LogP contribution in [-0.2, 0) is 4.74 Å². The highest BCUT2D eigenvalue weighted by atomic mass is 16.5. The minimum atomic E-state index is -0.270. The van der Waals surface area contributed by atoms with Crippen LogP contribution in [0.4, 0.5) is 0 Å². The third-order valence-electron chi connectivity index (χ3n) is 2.95. The van der Waals surface area contributed by atoms with Gasteiger partial charge in [-0.05, 0) is 43.5 Å². The third kappa shape index (κ3) is 2.04. The van der Waals surface area contributed by atoms with Crippen molar-refractivity contribution in [1.29, 1.82) is 0 Å². The molecule has 1 fully saturated rings. The number of esters is 1. The second-order valence-corrected chi connectivity index (χ2v) is 3.82. The Labute approximate surface area is 89.0 Å². The van der Waals surface area contributed by atoms with Gasteiger partial charge in [-0.1, -0.05) is 0 Å². The van der Waals surface area contributed by atoms with Gasteiger partial charge in [0.2, 0.25) is 0 Å². The number of rotatable bonds is 2. The molecular weight excluding hydrogens is 192 g/mol. The van der Waals surface area contributed by atoms with Gasteiger partial charge in [-0.15, -0.1) is 0 Å². The Morgan fingerprint density at radius 3 is 2.87 bits per heavy atom. The van der Waals surface area contributed by atoms with E-state index in [1.54, 1.807) is 0 Å². The van der Waals surface area contributed by atoms with E-state index in [0.717, 1.165) is 31.5 Å². The minimum absolute atomic E-state index is 0.270. The monoisotopic (exact) mass is 208 g/mol. The van der Waals surface area contributed by atoms with Crippen molar-refractivity contribution in [1.82, 2.24) is 10.3 Å². The third-order valence-corrected chi connectivity index (χ3v) is 2.95. The van der Waals surface area contributed by atoms with Gasteiger partial charge in [0.05, 0.1) is 7.11 Å². The van der Waals surface area contributed by atoms with E-state index in [1.807, 2.05) is 12.3 Å². The predicted molar refractivity (Wildman–Crippen MR) is 57.0 cm³/mol. The highest BCUT2D eigenvalue weighted by Gasteiger charge is 2.22. The van der Waals surface area contributed by atoms with Crippen LogP contribution < -0.4 is 5.32 Å². The molecule has 82 valence electrons. The Morgan fingerprint density at radius 1 is 1.47 bits per heavy atom. The van der Waals surface area contributed by atoms with Crippen molar-refractivity contribution in [2.24, 2.45) is 0 Å². The second kappa shape index (κ2) is 4.49. The van der Waals surface area contributed by atoms with E-state index in [0.29, 0.717) is 11.6 Å². The number of nitrogens with one attached hydrogen (secondary N) is 2. The minimum Gasteiger partial charge on any atom is -0.464 e. The van der Waals surface area contributed by atoms with Crippen LogP contribution in [-0.4, -0.2) is 31.2 Å². The molecule has 15 heavy (non-hydrogen) atoms. The number of piperidine rings is 1. The zero-order chi connectivity index (χ0) is 10.7. The molecule has 1 aromatic rings. The van der Waals surface area contributed by atoms with Gasteiger partial charge in [0, 0.05) is 6.20 Å². The lowest BCUT2D eigenvalue weighted by atomic mass is 9.90. The number of carbonyl (C=O) groups excluding carboxylic acids is 1. The normalized spacial score (nSPS) is 17.7. The first-order chi connectivity index (χ1) is 7.33. The maximum Gasteiger partial charge on any atom is 0.354 e. The van der Waals surface area contributed by atoms with Crippen LogP contribution >= 0.6 is 0 Å². The Hall–Kier alpha value is -1.29. The molecule has 0 radical (unpaired) electrons. The average Bonchev–Trinajstić information content (AvgIpc) is 2.78. The molecule has 0 spiro atoms. The number of methoxy groups -OCH3 is 1. The first-order valence-corrected chi connectivity index (χ1v) is 5.29. The van der Waals surface area contributed by atoms with Crippen LogP contribution in [0.3, 0.4) is 0 Å². The molecule has 4 heteroatoms. The Morgan fingerprint density at radius 2 is 2.20 bits per heavy atom. The van der Waals surface area contributed by atoms with Crippen molar-refractivity contribution < 1.29 is 9.53 Å². The van der Waals surface area contributed by atoms with Crippen LogP contribution in [0.5, 0.6) is 0 Å². The molecular formula is C11H16N2O2. The maximum atomic E-state index is 11.5. The predicted octanol–water partition coefficient (Wildman–Crippen LogP) is 1.27. The summed E-state index contributed by atoms with van der Waals surface area (Å²) in [5.41, 5.74) is 1.72. The summed E-state index contributed by atoms with van der Waals surface area (Å²) in [5, 5.41) is 3.31. The van der Waals surface area contributed by atoms with Gasteiger partial charge in [0.25, 0.3) is 0 Å². The van der Waals surface area contributed by atoms with Crippen LogP contribution in [0, 0.1) is 0 Å². The van der Waals surface area contributed by atoms with Crippen molar-refractivity contribution in [2.75, 3.05) is 20.2 Å². The molecule has 0 unspecified atom stereocenters. The molecule has 1 aliphatic heterocycles. The molecule has 1 saturated heterocycles. The molecule has 2 N–H and O–H groups in total. The SMILES string of the molecule is COC(=O)c1[nH]ccc1C1CCNCC1. The van der Waals surface area contributed by atoms with Gasteiger partial charge >= 0.3 is 5.97 Å². The van der Waals surface area contributed by atoms with E-state index in [9.17, 15) is 4.79 Å². The lowest BCUT2D eigenvalue weighted by molar-refractivity contribution is 0.0592. The summed E-state index contributed by atoms with van der Waals surface area (Å²) in [6, 6.07) is 1.99. The van der Waals surface area contributed by atoms with E-state index < -0.39 is 0 Å². The highest BCUT2D eigenvalue weighted by Crippen LogP contribution is 2.27. The zero-order valence-corrected chi connectivity index (χ0v) is 8.88. The van der Waals surface area contributed by atoms with Crippen molar-refractivity contribution in [2.45, 2.75) is 18.8 Å². The van der Waals surface area contributed by atoms with Crippen LogP contribution in [0.1, 0.15) is 34.8 Å². The summed E-state index contributed by atoms with van der Waals surface area (Å²) in [6.07, 6.45) is 3.98. The number of carbonyl (C=O) groups is 1. The number of H-pyrrole nitrogens is 1. The van der Waals surface area contributed by atoms with Crippen molar-refractivity contribution >= 4 is 5.97 Å². The Kier molecular flexibility index (Phi) is 3.06. The summed E-state index contributed by atoms with van der Waals surface area (Å²) in [4.78, 5) is 14.4. The molecule has 0 aliphatic carbocycles. The molecule has 0 atom stereocenters. The highest BCUT2D eigenvalue weighted by molar-refractivity contribution is 5.89. The summed E-state index contributed by atoms with van der Waals surface area (Å²) in [5.74, 6) is 0.208. The van der Waals surface area contributed by atoms with E-state index in [1.165, 1.54) is 7.11 Å². The molecule has 2 heterocycles. The summed E-state index contributed by atoms with van der Waals surface area (Å²) in [6.45, 7) is 2.05. The molecule has 0 amide bonds. The number of ether oxygens (including phenoxy) is 1. The fraction of sp³-hybridized carbons (Fsp3) is 0.545. The molecule has 1 aromatic heterocycles. The van der Waals surface area contributed by atoms with Gasteiger partial charge < -0.3 is 15.0 Å². The molecule has 1 aliphatic rings. The Balaban J connectivity index is 2.19. The fourth-order valence-corrected chi connectivity index (χ4v) is 2.13. The lowest BCUT2D eigenvalue weighted by Crippen LogP contribution is -2.27. The second-order valence-electron chi connectivity index (χ2n) is 3.82. The van der Waals surface area contributed by atoms with Gasteiger partial charge in [-0.3, -0.25) is 0 Å². The smallest absolute Gasteiger partial charge is 0.354 e. The summed E-state index contributed by atoms with van der Waals surface area (Å²) >= 11 is 0. The van der Waals surface area contributed by atoms with Crippen molar-refractivity contribution in [3.05, 3.63) is 23.5 Å². The van der Waals surface area contributed by atoms with E-state index in [4.69, 9.17) is 4.74 Å². The lowest BCUT2D eigenvalue weighted by Gasteiger charge is -2.22. The van der Waals surface area contributed by atoms with E-state index >= 15 is 0 Å².